The summed E-state index contributed by atoms with van der Waals surface area (Å²) in [7, 11) is 3.48. The molecule has 0 fully saturated rings. The zero-order valence-electron chi connectivity index (χ0n) is 7.73. The number of hydrogen-bond acceptors (Lipinski definition) is 6. The first-order chi connectivity index (χ1) is 6.27. The lowest BCUT2D eigenvalue weighted by Crippen LogP contribution is -2.20. The van der Waals surface area contributed by atoms with Crippen LogP contribution in [0, 0.1) is 0 Å². The number of anilines is 1. The first-order valence-corrected chi connectivity index (χ1v) is 4.68. The zero-order valence-corrected chi connectivity index (χ0v) is 8.54. The van der Waals surface area contributed by atoms with Gasteiger partial charge < -0.3 is 14.7 Å². The summed E-state index contributed by atoms with van der Waals surface area (Å²) in [6.07, 6.45) is 0. The molecule has 0 aliphatic rings. The van der Waals surface area contributed by atoms with Crippen molar-refractivity contribution >= 4 is 16.7 Å². The third-order valence-electron chi connectivity index (χ3n) is 1.49. The number of aliphatic hydroxyl groups is 1. The Bertz CT molecular complexity index is 254. The largest absolute Gasteiger partial charge is 0.395 e. The molecule has 1 N–H and O–H groups in total. The highest BCUT2D eigenvalue weighted by molar-refractivity contribution is 7.09. The van der Waals surface area contributed by atoms with Gasteiger partial charge in [-0.3, -0.25) is 0 Å². The molecule has 1 aromatic rings. The molecule has 0 saturated carbocycles. The predicted molar refractivity (Wildman–Crippen MR) is 51.0 cm³/mol. The van der Waals surface area contributed by atoms with E-state index in [1.807, 2.05) is 11.9 Å². The second kappa shape index (κ2) is 5.11. The Balaban J connectivity index is 2.56. The van der Waals surface area contributed by atoms with E-state index in [1.165, 1.54) is 11.5 Å². The third kappa shape index (κ3) is 2.91. The van der Waals surface area contributed by atoms with E-state index in [2.05, 4.69) is 9.36 Å². The van der Waals surface area contributed by atoms with Crippen LogP contribution >= 0.6 is 11.5 Å². The minimum Gasteiger partial charge on any atom is -0.395 e. The number of aromatic nitrogens is 2. The van der Waals surface area contributed by atoms with Crippen LogP contribution in [0.4, 0.5) is 5.13 Å². The van der Waals surface area contributed by atoms with Crippen LogP contribution in [0.25, 0.3) is 0 Å². The molecule has 6 heteroatoms. The topological polar surface area (TPSA) is 58.5 Å². The van der Waals surface area contributed by atoms with E-state index in [-0.39, 0.29) is 6.61 Å². The minimum atomic E-state index is 0.121. The summed E-state index contributed by atoms with van der Waals surface area (Å²) in [4.78, 5) is 6.07. The van der Waals surface area contributed by atoms with E-state index in [9.17, 15) is 0 Å². The second-order valence-corrected chi connectivity index (χ2v) is 3.30. The van der Waals surface area contributed by atoms with E-state index in [4.69, 9.17) is 9.84 Å². The molecule has 13 heavy (non-hydrogen) atoms. The summed E-state index contributed by atoms with van der Waals surface area (Å²) in [6.45, 7) is 1.13. The van der Waals surface area contributed by atoms with Crippen molar-refractivity contribution in [2.24, 2.45) is 0 Å². The van der Waals surface area contributed by atoms with Crippen LogP contribution in [0.5, 0.6) is 0 Å². The zero-order chi connectivity index (χ0) is 9.68. The molecule has 0 amide bonds. The van der Waals surface area contributed by atoms with Crippen LogP contribution in [0.3, 0.4) is 0 Å². The van der Waals surface area contributed by atoms with Crippen molar-refractivity contribution in [2.75, 3.05) is 32.2 Å². The van der Waals surface area contributed by atoms with Crippen molar-refractivity contribution in [3.63, 3.8) is 0 Å². The molecule has 1 aromatic heterocycles. The number of likely N-dealkylation sites (N-methyl/N-ethyl adjacent to an activating group) is 1. The highest BCUT2D eigenvalue weighted by atomic mass is 32.1. The van der Waals surface area contributed by atoms with Gasteiger partial charge in [-0.15, -0.1) is 0 Å². The van der Waals surface area contributed by atoms with Gasteiger partial charge in [-0.1, -0.05) is 0 Å². The van der Waals surface area contributed by atoms with Crippen molar-refractivity contribution in [2.45, 2.75) is 6.61 Å². The summed E-state index contributed by atoms with van der Waals surface area (Å²) >= 11 is 1.31. The molecule has 0 spiro atoms. The van der Waals surface area contributed by atoms with E-state index < -0.39 is 0 Å². The Labute approximate surface area is 81.1 Å². The lowest BCUT2D eigenvalue weighted by Gasteiger charge is -2.11. The minimum absolute atomic E-state index is 0.121. The van der Waals surface area contributed by atoms with Gasteiger partial charge in [0, 0.05) is 32.2 Å². The van der Waals surface area contributed by atoms with Gasteiger partial charge in [0.25, 0.3) is 0 Å². The molecular weight excluding hydrogens is 190 g/mol. The van der Waals surface area contributed by atoms with Gasteiger partial charge in [0.1, 0.15) is 6.61 Å². The maximum atomic E-state index is 8.70. The Hall–Kier alpha value is -0.720. The maximum Gasteiger partial charge on any atom is 0.205 e. The van der Waals surface area contributed by atoms with E-state index in [0.717, 1.165) is 5.13 Å². The molecule has 0 unspecified atom stereocenters. The average molecular weight is 203 g/mol. The fourth-order valence-electron chi connectivity index (χ4n) is 0.833. The van der Waals surface area contributed by atoms with E-state index >= 15 is 0 Å². The summed E-state index contributed by atoms with van der Waals surface area (Å²) in [5.41, 5.74) is 0. The highest BCUT2D eigenvalue weighted by Gasteiger charge is 2.07. The van der Waals surface area contributed by atoms with E-state index in [1.54, 1.807) is 7.11 Å². The molecule has 0 saturated heterocycles. The van der Waals surface area contributed by atoms with Gasteiger partial charge in [-0.05, 0) is 0 Å². The smallest absolute Gasteiger partial charge is 0.205 e. The molecule has 74 valence electrons. The quantitative estimate of drug-likeness (QED) is 0.736. The number of aliphatic hydroxyl groups excluding tert-OH is 1. The molecule has 0 radical (unpaired) electrons. The van der Waals surface area contributed by atoms with Gasteiger partial charge in [-0.2, -0.15) is 4.37 Å². The second-order valence-electron chi connectivity index (χ2n) is 2.57. The van der Waals surface area contributed by atoms with Crippen LogP contribution in [0.2, 0.25) is 0 Å². The molecular formula is C7H13N3O2S. The molecule has 1 rings (SSSR count). The molecule has 0 aliphatic carbocycles. The van der Waals surface area contributed by atoms with Gasteiger partial charge in [0.05, 0.1) is 6.61 Å². The van der Waals surface area contributed by atoms with Gasteiger partial charge >= 0.3 is 0 Å². The Morgan fingerprint density at radius 3 is 3.00 bits per heavy atom. The molecule has 0 aliphatic heterocycles. The molecule has 1 heterocycles. The van der Waals surface area contributed by atoms with E-state index in [0.29, 0.717) is 19.0 Å². The number of rotatable bonds is 5. The fourth-order valence-corrected chi connectivity index (χ4v) is 1.49. The maximum absolute atomic E-state index is 8.70. The van der Waals surface area contributed by atoms with Gasteiger partial charge in [-0.25, -0.2) is 4.98 Å². The Morgan fingerprint density at radius 2 is 2.38 bits per heavy atom. The first kappa shape index (κ1) is 10.4. The van der Waals surface area contributed by atoms with Crippen LogP contribution in [-0.4, -0.2) is 41.8 Å². The summed E-state index contributed by atoms with van der Waals surface area (Å²) < 4.78 is 8.99. The number of hydrogen-bond donors (Lipinski definition) is 1. The van der Waals surface area contributed by atoms with Crippen LogP contribution in [-0.2, 0) is 11.3 Å². The van der Waals surface area contributed by atoms with Crippen molar-refractivity contribution in [1.82, 2.24) is 9.36 Å². The standard InChI is InChI=1S/C7H13N3O2S/c1-10(3-4-11)7-8-6(5-12-2)9-13-7/h11H,3-5H2,1-2H3. The van der Waals surface area contributed by atoms with Crippen molar-refractivity contribution < 1.29 is 9.84 Å². The van der Waals surface area contributed by atoms with Crippen LogP contribution in [0.15, 0.2) is 0 Å². The monoisotopic (exact) mass is 203 g/mol. The molecule has 0 atom stereocenters. The summed E-state index contributed by atoms with van der Waals surface area (Å²) in [5, 5.41) is 9.50. The predicted octanol–water partition coefficient (Wildman–Crippen LogP) is 0.113. The molecule has 0 aromatic carbocycles. The number of ether oxygens (including phenoxy) is 1. The first-order valence-electron chi connectivity index (χ1n) is 3.91. The normalized spacial score (nSPS) is 10.4. The lowest BCUT2D eigenvalue weighted by atomic mass is 10.6. The summed E-state index contributed by atoms with van der Waals surface area (Å²) in [6, 6.07) is 0. The third-order valence-corrected chi connectivity index (χ3v) is 2.36. The molecule has 5 nitrogen and oxygen atoms in total. The number of methoxy groups -OCH3 is 1. The van der Waals surface area contributed by atoms with Crippen molar-refractivity contribution in [3.8, 4) is 0 Å². The fraction of sp³-hybridized carbons (Fsp3) is 0.714. The highest BCUT2D eigenvalue weighted by Crippen LogP contribution is 2.15. The van der Waals surface area contributed by atoms with Gasteiger partial charge in [0.15, 0.2) is 5.82 Å². The Morgan fingerprint density at radius 1 is 1.62 bits per heavy atom. The van der Waals surface area contributed by atoms with Crippen LogP contribution < -0.4 is 4.90 Å². The van der Waals surface area contributed by atoms with Crippen molar-refractivity contribution in [3.05, 3.63) is 5.82 Å². The van der Waals surface area contributed by atoms with Crippen molar-refractivity contribution in [1.29, 1.82) is 0 Å². The van der Waals surface area contributed by atoms with Crippen LogP contribution in [0.1, 0.15) is 5.82 Å². The average Bonchev–Trinajstić information content (AvgIpc) is 2.54. The van der Waals surface area contributed by atoms with Gasteiger partial charge in [0.2, 0.25) is 5.13 Å². The Kier molecular flexibility index (Phi) is 4.07. The summed E-state index contributed by atoms with van der Waals surface area (Å²) in [5.74, 6) is 0.687. The molecule has 0 bridgehead atoms. The number of nitrogens with zero attached hydrogens (tertiary/aromatic N) is 3. The lowest BCUT2D eigenvalue weighted by molar-refractivity contribution is 0.179. The SMILES string of the molecule is COCc1nsc(N(C)CCO)n1.